The number of nitrogens with one attached hydrogen (secondary N) is 1. The maximum absolute atomic E-state index is 12.6. The minimum absolute atomic E-state index is 0.112. The SMILES string of the molecule is Cc1cccc(CN2CCC[C@@]3(CCN(C(=O)c4cn[nH]c4)C3)C2)c1. The van der Waals surface area contributed by atoms with Crippen molar-refractivity contribution in [3.05, 3.63) is 53.3 Å². The van der Waals surface area contributed by atoms with E-state index < -0.39 is 0 Å². The molecule has 0 unspecified atom stereocenters. The third-order valence-corrected chi connectivity index (χ3v) is 5.70. The van der Waals surface area contributed by atoms with E-state index in [1.165, 1.54) is 24.0 Å². The van der Waals surface area contributed by atoms with Gasteiger partial charge in [-0.05, 0) is 38.3 Å². The van der Waals surface area contributed by atoms with E-state index in [1.807, 2.05) is 4.90 Å². The second kappa shape index (κ2) is 6.64. The molecule has 4 rings (SSSR count). The number of amides is 1. The van der Waals surface area contributed by atoms with E-state index in [2.05, 4.69) is 46.3 Å². The van der Waals surface area contributed by atoms with Crippen molar-refractivity contribution in [2.24, 2.45) is 5.41 Å². The highest BCUT2D eigenvalue weighted by Crippen LogP contribution is 2.39. The summed E-state index contributed by atoms with van der Waals surface area (Å²) in [5.41, 5.74) is 3.65. The Hall–Kier alpha value is -2.14. The van der Waals surface area contributed by atoms with E-state index in [4.69, 9.17) is 0 Å². The summed E-state index contributed by atoms with van der Waals surface area (Å²) in [5, 5.41) is 6.64. The molecular weight excluding hydrogens is 312 g/mol. The largest absolute Gasteiger partial charge is 0.338 e. The van der Waals surface area contributed by atoms with Crippen LogP contribution in [0.2, 0.25) is 0 Å². The Morgan fingerprint density at radius 2 is 2.20 bits per heavy atom. The fraction of sp³-hybridized carbons (Fsp3) is 0.500. The fourth-order valence-corrected chi connectivity index (χ4v) is 4.51. The summed E-state index contributed by atoms with van der Waals surface area (Å²) in [7, 11) is 0. The smallest absolute Gasteiger partial charge is 0.257 e. The second-order valence-electron chi connectivity index (χ2n) is 7.77. The number of rotatable bonds is 3. The van der Waals surface area contributed by atoms with E-state index in [1.54, 1.807) is 12.4 Å². The Morgan fingerprint density at radius 3 is 3.00 bits per heavy atom. The number of hydrogen-bond acceptors (Lipinski definition) is 3. The predicted molar refractivity (Wildman–Crippen MR) is 97.2 cm³/mol. The van der Waals surface area contributed by atoms with Crippen LogP contribution >= 0.6 is 0 Å². The Bertz CT molecular complexity index is 742. The standard InChI is InChI=1S/C20H26N4O/c1-16-4-2-5-17(10-16)13-23-8-3-6-20(14-23)7-9-24(15-20)19(25)18-11-21-22-12-18/h2,4-5,10-12H,3,6-9,13-15H2,1H3,(H,21,22)/t20-/m1/s1. The number of piperidine rings is 1. The molecule has 2 fully saturated rings. The Balaban J connectivity index is 1.41. The zero-order valence-corrected chi connectivity index (χ0v) is 14.9. The highest BCUT2D eigenvalue weighted by Gasteiger charge is 2.42. The first-order chi connectivity index (χ1) is 12.1. The minimum Gasteiger partial charge on any atom is -0.338 e. The van der Waals surface area contributed by atoms with Crippen molar-refractivity contribution >= 4 is 5.91 Å². The number of likely N-dealkylation sites (tertiary alicyclic amines) is 2. The number of aromatic amines is 1. The fourth-order valence-electron chi connectivity index (χ4n) is 4.51. The maximum atomic E-state index is 12.6. The van der Waals surface area contributed by atoms with Crippen LogP contribution < -0.4 is 0 Å². The van der Waals surface area contributed by atoms with Gasteiger partial charge in [0.15, 0.2) is 0 Å². The van der Waals surface area contributed by atoms with E-state index >= 15 is 0 Å². The van der Waals surface area contributed by atoms with Crippen molar-refractivity contribution in [2.75, 3.05) is 26.2 Å². The van der Waals surface area contributed by atoms with Gasteiger partial charge in [-0.3, -0.25) is 14.8 Å². The lowest BCUT2D eigenvalue weighted by molar-refractivity contribution is 0.0675. The van der Waals surface area contributed by atoms with Crippen LogP contribution in [0, 0.1) is 12.3 Å². The van der Waals surface area contributed by atoms with Gasteiger partial charge >= 0.3 is 0 Å². The zero-order valence-electron chi connectivity index (χ0n) is 14.9. The average Bonchev–Trinajstić information content (AvgIpc) is 3.25. The summed E-state index contributed by atoms with van der Waals surface area (Å²) in [6.45, 7) is 7.15. The molecule has 1 spiro atoms. The van der Waals surface area contributed by atoms with E-state index in [9.17, 15) is 4.79 Å². The van der Waals surface area contributed by atoms with Crippen molar-refractivity contribution in [2.45, 2.75) is 32.7 Å². The van der Waals surface area contributed by atoms with Crippen LogP contribution in [0.15, 0.2) is 36.7 Å². The van der Waals surface area contributed by atoms with Gasteiger partial charge in [0.1, 0.15) is 0 Å². The minimum atomic E-state index is 0.112. The molecule has 0 bridgehead atoms. The molecule has 1 atom stereocenters. The molecule has 2 aliphatic heterocycles. The van der Waals surface area contributed by atoms with Gasteiger partial charge in [-0.2, -0.15) is 5.10 Å². The number of hydrogen-bond donors (Lipinski definition) is 1. The first kappa shape index (κ1) is 16.3. The monoisotopic (exact) mass is 338 g/mol. The average molecular weight is 338 g/mol. The molecule has 2 aliphatic rings. The Kier molecular flexibility index (Phi) is 4.34. The summed E-state index contributed by atoms with van der Waals surface area (Å²) in [6, 6.07) is 8.80. The maximum Gasteiger partial charge on any atom is 0.257 e. The predicted octanol–water partition coefficient (Wildman–Crippen LogP) is 2.85. The van der Waals surface area contributed by atoms with E-state index in [0.717, 1.165) is 39.1 Å². The third-order valence-electron chi connectivity index (χ3n) is 5.70. The van der Waals surface area contributed by atoms with Crippen LogP contribution in [-0.4, -0.2) is 52.1 Å². The molecule has 1 N–H and O–H groups in total. The number of aromatic nitrogens is 2. The molecule has 0 saturated carbocycles. The molecule has 2 saturated heterocycles. The van der Waals surface area contributed by atoms with Gasteiger partial charge in [-0.15, -0.1) is 0 Å². The van der Waals surface area contributed by atoms with Gasteiger partial charge < -0.3 is 4.90 Å². The molecule has 25 heavy (non-hydrogen) atoms. The summed E-state index contributed by atoms with van der Waals surface area (Å²) in [4.78, 5) is 17.2. The Labute approximate surface area is 149 Å². The first-order valence-electron chi connectivity index (χ1n) is 9.20. The van der Waals surface area contributed by atoms with Gasteiger partial charge in [0.2, 0.25) is 0 Å². The molecule has 1 aromatic heterocycles. The van der Waals surface area contributed by atoms with Crippen molar-refractivity contribution in [1.29, 1.82) is 0 Å². The normalized spacial score (nSPS) is 24.1. The van der Waals surface area contributed by atoms with E-state index in [-0.39, 0.29) is 11.3 Å². The van der Waals surface area contributed by atoms with Gasteiger partial charge in [-0.1, -0.05) is 29.8 Å². The van der Waals surface area contributed by atoms with Crippen LogP contribution in [0.3, 0.4) is 0 Å². The highest BCUT2D eigenvalue weighted by molar-refractivity contribution is 5.93. The quantitative estimate of drug-likeness (QED) is 0.936. The first-order valence-corrected chi connectivity index (χ1v) is 9.20. The van der Waals surface area contributed by atoms with Crippen LogP contribution in [0.5, 0.6) is 0 Å². The van der Waals surface area contributed by atoms with Crippen molar-refractivity contribution in [1.82, 2.24) is 20.0 Å². The Morgan fingerprint density at radius 1 is 1.28 bits per heavy atom. The topological polar surface area (TPSA) is 52.2 Å². The second-order valence-corrected chi connectivity index (χ2v) is 7.77. The van der Waals surface area contributed by atoms with Crippen molar-refractivity contribution < 1.29 is 4.79 Å². The number of H-pyrrole nitrogens is 1. The number of aryl methyl sites for hydroxylation is 1. The lowest BCUT2D eigenvalue weighted by Crippen LogP contribution is -2.45. The zero-order chi connectivity index (χ0) is 17.3. The molecular formula is C20H26N4O. The summed E-state index contributed by atoms with van der Waals surface area (Å²) in [5.74, 6) is 0.112. The van der Waals surface area contributed by atoms with Gasteiger partial charge in [0.05, 0.1) is 11.8 Å². The highest BCUT2D eigenvalue weighted by atomic mass is 16.2. The summed E-state index contributed by atoms with van der Waals surface area (Å²) in [6.07, 6.45) is 6.88. The molecule has 132 valence electrons. The molecule has 5 heteroatoms. The van der Waals surface area contributed by atoms with Crippen LogP contribution in [0.25, 0.3) is 0 Å². The van der Waals surface area contributed by atoms with E-state index in [0.29, 0.717) is 5.56 Å². The van der Waals surface area contributed by atoms with Crippen LogP contribution in [-0.2, 0) is 6.54 Å². The van der Waals surface area contributed by atoms with Crippen molar-refractivity contribution in [3.63, 3.8) is 0 Å². The summed E-state index contributed by atoms with van der Waals surface area (Å²) < 4.78 is 0. The van der Waals surface area contributed by atoms with Crippen LogP contribution in [0.4, 0.5) is 0 Å². The molecule has 2 aromatic rings. The lowest BCUT2D eigenvalue weighted by atomic mass is 9.79. The lowest BCUT2D eigenvalue weighted by Gasteiger charge is -2.40. The van der Waals surface area contributed by atoms with Crippen molar-refractivity contribution in [3.8, 4) is 0 Å². The molecule has 0 radical (unpaired) electrons. The van der Waals surface area contributed by atoms with Crippen LogP contribution in [0.1, 0.15) is 40.7 Å². The number of carbonyl (C=O) groups is 1. The third kappa shape index (κ3) is 3.47. The number of carbonyl (C=O) groups excluding carboxylic acids is 1. The van der Waals surface area contributed by atoms with Gasteiger partial charge in [0.25, 0.3) is 5.91 Å². The van der Waals surface area contributed by atoms with Gasteiger partial charge in [-0.25, -0.2) is 0 Å². The molecule has 1 aromatic carbocycles. The molecule has 0 aliphatic carbocycles. The summed E-state index contributed by atoms with van der Waals surface area (Å²) >= 11 is 0. The van der Waals surface area contributed by atoms with Gasteiger partial charge in [0, 0.05) is 37.8 Å². The number of benzene rings is 1. The number of nitrogens with zero attached hydrogens (tertiary/aromatic N) is 3. The molecule has 3 heterocycles. The molecule has 1 amide bonds. The molecule has 5 nitrogen and oxygen atoms in total.